The zero-order valence-corrected chi connectivity index (χ0v) is 15.1. The van der Waals surface area contributed by atoms with Crippen LogP contribution in [0.4, 0.5) is 5.13 Å². The van der Waals surface area contributed by atoms with Gasteiger partial charge in [-0.1, -0.05) is 0 Å². The van der Waals surface area contributed by atoms with Gasteiger partial charge in [0.15, 0.2) is 5.13 Å². The number of amides is 1. The molecule has 0 radical (unpaired) electrons. The first-order chi connectivity index (χ1) is 12.6. The van der Waals surface area contributed by atoms with E-state index in [1.807, 2.05) is 0 Å². The van der Waals surface area contributed by atoms with Crippen LogP contribution in [0.5, 0.6) is 5.88 Å². The SMILES string of the molecule is CCOC(=O)Cc1csc(NC(=O)c2ccc(OC3CCOC3)nc2)n1. The van der Waals surface area contributed by atoms with Crippen molar-refractivity contribution < 1.29 is 23.8 Å². The Hall–Kier alpha value is -2.52. The molecule has 1 atom stereocenters. The summed E-state index contributed by atoms with van der Waals surface area (Å²) >= 11 is 1.25. The number of hydrogen-bond acceptors (Lipinski definition) is 8. The highest BCUT2D eigenvalue weighted by atomic mass is 32.1. The third kappa shape index (κ3) is 4.99. The molecule has 2 aromatic rings. The van der Waals surface area contributed by atoms with Gasteiger partial charge in [-0.15, -0.1) is 11.3 Å². The fraction of sp³-hybridized carbons (Fsp3) is 0.412. The predicted molar refractivity (Wildman–Crippen MR) is 94.5 cm³/mol. The lowest BCUT2D eigenvalue weighted by molar-refractivity contribution is -0.142. The molecule has 1 saturated heterocycles. The van der Waals surface area contributed by atoms with Crippen LogP contribution in [0.3, 0.4) is 0 Å². The van der Waals surface area contributed by atoms with Crippen molar-refractivity contribution in [2.45, 2.75) is 25.9 Å². The zero-order valence-electron chi connectivity index (χ0n) is 14.3. The highest BCUT2D eigenvalue weighted by molar-refractivity contribution is 7.14. The molecule has 1 N–H and O–H groups in total. The van der Waals surface area contributed by atoms with E-state index >= 15 is 0 Å². The second-order valence-corrected chi connectivity index (χ2v) is 6.43. The van der Waals surface area contributed by atoms with Gasteiger partial charge in [0.2, 0.25) is 5.88 Å². The average molecular weight is 377 g/mol. The molecule has 26 heavy (non-hydrogen) atoms. The first kappa shape index (κ1) is 18.3. The Morgan fingerprint density at radius 1 is 1.42 bits per heavy atom. The van der Waals surface area contributed by atoms with Crippen LogP contribution in [0.15, 0.2) is 23.7 Å². The third-order valence-corrected chi connectivity index (χ3v) is 4.38. The fourth-order valence-corrected chi connectivity index (χ4v) is 3.04. The number of carbonyl (C=O) groups excluding carboxylic acids is 2. The van der Waals surface area contributed by atoms with E-state index in [-0.39, 0.29) is 24.4 Å². The first-order valence-corrected chi connectivity index (χ1v) is 9.14. The Labute approximate surface area is 154 Å². The number of nitrogens with one attached hydrogen (secondary N) is 1. The molecule has 8 nitrogen and oxygen atoms in total. The molecular formula is C17H19N3O5S. The lowest BCUT2D eigenvalue weighted by Gasteiger charge is -2.10. The van der Waals surface area contributed by atoms with Crippen molar-refractivity contribution in [3.8, 4) is 5.88 Å². The van der Waals surface area contributed by atoms with Crippen LogP contribution in [0.1, 0.15) is 29.4 Å². The Balaban J connectivity index is 1.54. The van der Waals surface area contributed by atoms with Crippen LogP contribution >= 0.6 is 11.3 Å². The summed E-state index contributed by atoms with van der Waals surface area (Å²) in [4.78, 5) is 32.1. The summed E-state index contributed by atoms with van der Waals surface area (Å²) < 4.78 is 15.8. The summed E-state index contributed by atoms with van der Waals surface area (Å²) in [6.07, 6.45) is 2.38. The van der Waals surface area contributed by atoms with Gasteiger partial charge >= 0.3 is 5.97 Å². The normalized spacial score (nSPS) is 16.3. The molecular weight excluding hydrogens is 358 g/mol. The van der Waals surface area contributed by atoms with Gasteiger partial charge in [-0.25, -0.2) is 9.97 Å². The molecule has 9 heteroatoms. The number of aromatic nitrogens is 2. The quantitative estimate of drug-likeness (QED) is 0.737. The summed E-state index contributed by atoms with van der Waals surface area (Å²) in [5.74, 6) is -0.212. The number of nitrogens with zero attached hydrogens (tertiary/aromatic N) is 2. The van der Waals surface area contributed by atoms with Gasteiger partial charge in [0.25, 0.3) is 5.91 Å². The zero-order chi connectivity index (χ0) is 18.4. The molecule has 0 spiro atoms. The maximum absolute atomic E-state index is 12.3. The molecule has 0 bridgehead atoms. The standard InChI is InChI=1S/C17H19N3O5S/c1-2-24-15(21)7-12-10-26-17(19-12)20-16(22)11-3-4-14(18-8-11)25-13-5-6-23-9-13/h3-4,8,10,13H,2,5-7,9H2,1H3,(H,19,20,22). The van der Waals surface area contributed by atoms with E-state index in [1.54, 1.807) is 24.4 Å². The average Bonchev–Trinajstić information content (AvgIpc) is 3.28. The lowest BCUT2D eigenvalue weighted by atomic mass is 10.2. The van der Waals surface area contributed by atoms with Gasteiger partial charge in [0.1, 0.15) is 6.10 Å². The monoisotopic (exact) mass is 377 g/mol. The van der Waals surface area contributed by atoms with Gasteiger partial charge in [-0.05, 0) is 13.0 Å². The number of hydrogen-bond donors (Lipinski definition) is 1. The summed E-state index contributed by atoms with van der Waals surface area (Å²) in [6.45, 7) is 3.32. The molecule has 3 rings (SSSR count). The third-order valence-electron chi connectivity index (χ3n) is 3.58. The highest BCUT2D eigenvalue weighted by Crippen LogP contribution is 2.18. The minimum Gasteiger partial charge on any atom is -0.472 e. The van der Waals surface area contributed by atoms with E-state index in [2.05, 4.69) is 15.3 Å². The van der Waals surface area contributed by atoms with Crippen LogP contribution in [0, 0.1) is 0 Å². The summed E-state index contributed by atoms with van der Waals surface area (Å²) in [6, 6.07) is 3.29. The predicted octanol–water partition coefficient (Wildman–Crippen LogP) is 2.06. The topological polar surface area (TPSA) is 99.6 Å². The van der Waals surface area contributed by atoms with E-state index in [0.29, 0.717) is 42.1 Å². The van der Waals surface area contributed by atoms with Gasteiger partial charge < -0.3 is 14.2 Å². The summed E-state index contributed by atoms with van der Waals surface area (Å²) in [5.41, 5.74) is 0.951. The van der Waals surface area contributed by atoms with Crippen molar-refractivity contribution in [3.05, 3.63) is 35.0 Å². The Bertz CT molecular complexity index is 756. The minimum atomic E-state index is -0.344. The number of thiazole rings is 1. The number of ether oxygens (including phenoxy) is 3. The van der Waals surface area contributed by atoms with Crippen molar-refractivity contribution in [2.75, 3.05) is 25.1 Å². The number of carbonyl (C=O) groups is 2. The minimum absolute atomic E-state index is 0.00955. The van der Waals surface area contributed by atoms with Crippen LogP contribution in [0.25, 0.3) is 0 Å². The molecule has 1 aliphatic rings. The smallest absolute Gasteiger partial charge is 0.311 e. The number of rotatable bonds is 7. The number of esters is 1. The van der Waals surface area contributed by atoms with Gasteiger partial charge in [0.05, 0.1) is 37.5 Å². The van der Waals surface area contributed by atoms with E-state index in [4.69, 9.17) is 14.2 Å². The largest absolute Gasteiger partial charge is 0.472 e. The molecule has 1 unspecified atom stereocenters. The Morgan fingerprint density at radius 3 is 3.00 bits per heavy atom. The van der Waals surface area contributed by atoms with Crippen molar-refractivity contribution in [1.29, 1.82) is 0 Å². The van der Waals surface area contributed by atoms with Gasteiger partial charge in [0, 0.05) is 24.1 Å². The summed E-state index contributed by atoms with van der Waals surface area (Å²) in [7, 11) is 0. The van der Waals surface area contributed by atoms with Gasteiger partial charge in [-0.3, -0.25) is 14.9 Å². The van der Waals surface area contributed by atoms with E-state index in [9.17, 15) is 9.59 Å². The van der Waals surface area contributed by atoms with Crippen molar-refractivity contribution in [3.63, 3.8) is 0 Å². The molecule has 0 aromatic carbocycles. The van der Waals surface area contributed by atoms with Crippen LogP contribution in [0.2, 0.25) is 0 Å². The summed E-state index contributed by atoms with van der Waals surface area (Å²) in [5, 5.41) is 4.82. The highest BCUT2D eigenvalue weighted by Gasteiger charge is 2.18. The first-order valence-electron chi connectivity index (χ1n) is 8.26. The van der Waals surface area contributed by atoms with Crippen molar-refractivity contribution >= 4 is 28.3 Å². The molecule has 3 heterocycles. The molecule has 2 aromatic heterocycles. The van der Waals surface area contributed by atoms with Crippen molar-refractivity contribution in [2.24, 2.45) is 0 Å². The lowest BCUT2D eigenvalue weighted by Crippen LogP contribution is -2.17. The molecule has 1 aliphatic heterocycles. The van der Waals surface area contributed by atoms with Crippen LogP contribution in [-0.4, -0.2) is 47.8 Å². The second-order valence-electron chi connectivity index (χ2n) is 5.57. The number of anilines is 1. The van der Waals surface area contributed by atoms with Crippen LogP contribution < -0.4 is 10.1 Å². The Kier molecular flexibility index (Phi) is 6.13. The molecule has 0 aliphatic carbocycles. The molecule has 1 fully saturated rings. The van der Waals surface area contributed by atoms with Gasteiger partial charge in [-0.2, -0.15) is 0 Å². The molecule has 1 amide bonds. The maximum atomic E-state index is 12.3. The molecule has 138 valence electrons. The van der Waals surface area contributed by atoms with Crippen LogP contribution in [-0.2, 0) is 20.7 Å². The van der Waals surface area contributed by atoms with Crippen molar-refractivity contribution in [1.82, 2.24) is 9.97 Å². The maximum Gasteiger partial charge on any atom is 0.311 e. The van der Waals surface area contributed by atoms with E-state index in [1.165, 1.54) is 17.5 Å². The fourth-order valence-electron chi connectivity index (χ4n) is 2.34. The second kappa shape index (κ2) is 8.72. The molecule has 0 saturated carbocycles. The number of pyridine rings is 1. The Morgan fingerprint density at radius 2 is 2.31 bits per heavy atom. The van der Waals surface area contributed by atoms with E-state index in [0.717, 1.165) is 6.42 Å². The van der Waals surface area contributed by atoms with E-state index < -0.39 is 0 Å².